The summed E-state index contributed by atoms with van der Waals surface area (Å²) in [6.07, 6.45) is 2.41. The van der Waals surface area contributed by atoms with Gasteiger partial charge in [-0.25, -0.2) is 5.84 Å². The number of thiophene rings is 1. The summed E-state index contributed by atoms with van der Waals surface area (Å²) in [5.74, 6) is 6.22. The lowest BCUT2D eigenvalue weighted by Crippen LogP contribution is -2.29. The fourth-order valence-electron chi connectivity index (χ4n) is 2.72. The normalized spacial score (nSPS) is 11.5. The van der Waals surface area contributed by atoms with E-state index >= 15 is 0 Å². The number of carbonyl (C=O) groups is 2. The highest BCUT2D eigenvalue weighted by Gasteiger charge is 2.17. The first-order chi connectivity index (χ1) is 15.6. The van der Waals surface area contributed by atoms with Crippen molar-refractivity contribution in [2.45, 2.75) is 19.4 Å². The van der Waals surface area contributed by atoms with Crippen LogP contribution in [0.3, 0.4) is 0 Å². The van der Waals surface area contributed by atoms with E-state index in [-0.39, 0.29) is 0 Å². The van der Waals surface area contributed by atoms with E-state index in [0.717, 1.165) is 22.1 Å². The van der Waals surface area contributed by atoms with Crippen LogP contribution in [-0.4, -0.2) is 31.4 Å². The van der Waals surface area contributed by atoms with E-state index in [9.17, 15) is 9.59 Å². The zero-order valence-electron chi connectivity index (χ0n) is 18.7. The van der Waals surface area contributed by atoms with Gasteiger partial charge in [-0.15, -0.1) is 11.3 Å². The number of nitrogens with two attached hydrogens (primary N) is 3. The van der Waals surface area contributed by atoms with E-state index < -0.39 is 11.5 Å². The minimum absolute atomic E-state index is 0.439. The maximum atomic E-state index is 11.3. The number of likely N-dealkylation sites (N-methyl/N-ethyl adjacent to an activating group) is 1. The molecule has 33 heavy (non-hydrogen) atoms. The summed E-state index contributed by atoms with van der Waals surface area (Å²) in [5.41, 5.74) is 11.7. The quantitative estimate of drug-likeness (QED) is 0.216. The van der Waals surface area contributed by atoms with Crippen LogP contribution in [-0.2, 0) is 4.79 Å². The van der Waals surface area contributed by atoms with Crippen molar-refractivity contribution in [3.05, 3.63) is 70.3 Å². The molecule has 0 saturated carbocycles. The van der Waals surface area contributed by atoms with E-state index in [1.54, 1.807) is 57.4 Å². The highest BCUT2D eigenvalue weighted by molar-refractivity contribution is 7.20. The average molecular weight is 490 g/mol. The molecule has 0 aliphatic carbocycles. The second kappa shape index (κ2) is 11.7. The summed E-state index contributed by atoms with van der Waals surface area (Å²) in [6, 6.07) is 14.3. The Kier molecular flexibility index (Phi) is 9.24. The summed E-state index contributed by atoms with van der Waals surface area (Å²) < 4.78 is 6.33. The Balaban J connectivity index is 0.000000257. The van der Waals surface area contributed by atoms with Crippen LogP contribution in [0.25, 0.3) is 10.1 Å². The summed E-state index contributed by atoms with van der Waals surface area (Å²) in [4.78, 5) is 22.3. The number of benzene rings is 2. The molecule has 0 saturated heterocycles. The lowest BCUT2D eigenvalue weighted by Gasteiger charge is -2.19. The Labute approximate surface area is 201 Å². The number of hydrazine groups is 1. The predicted molar refractivity (Wildman–Crippen MR) is 135 cm³/mol. The zero-order chi connectivity index (χ0) is 24.6. The molecule has 0 spiro atoms. The van der Waals surface area contributed by atoms with Crippen LogP contribution >= 0.6 is 22.9 Å². The number of hydrogen-bond acceptors (Lipinski definition) is 8. The van der Waals surface area contributed by atoms with Crippen LogP contribution in [0.4, 0.5) is 5.69 Å². The molecule has 1 heterocycles. The van der Waals surface area contributed by atoms with Crippen LogP contribution in [0.2, 0.25) is 5.02 Å². The summed E-state index contributed by atoms with van der Waals surface area (Å²) in [7, 11) is 1.81. The fraction of sp³-hybridized carbons (Fsp3) is 0.217. The highest BCUT2D eigenvalue weighted by atomic mass is 35.5. The third kappa shape index (κ3) is 7.76. The lowest BCUT2D eigenvalue weighted by atomic mass is 10.2. The van der Waals surface area contributed by atoms with Crippen molar-refractivity contribution in [3.8, 4) is 5.75 Å². The summed E-state index contributed by atoms with van der Waals surface area (Å²) in [5, 5.41) is 5.92. The van der Waals surface area contributed by atoms with Crippen LogP contribution in [0.15, 0.2) is 60.4 Å². The molecular formula is C23H28ClN5O3S. The third-order valence-electron chi connectivity index (χ3n) is 4.22. The van der Waals surface area contributed by atoms with Gasteiger partial charge in [0.1, 0.15) is 5.75 Å². The Morgan fingerprint density at radius 1 is 1.21 bits per heavy atom. The van der Waals surface area contributed by atoms with E-state index in [1.165, 1.54) is 16.3 Å². The standard InChI is InChI=1S/C13H17N5OS.C10H11ClO2/c1-17-6-8(14)7-18(16)10-3-2-4-11-9(10)5-12(20-11)13(15)19;1-10(2,7-12)13-9-5-3-8(11)4-6-9/h2-5,7,17H,6,14,16H2,1H3,(H2,15,19);3-7H,1-2H3/b8-7-;. The molecule has 1 aromatic heterocycles. The monoisotopic (exact) mass is 489 g/mol. The van der Waals surface area contributed by atoms with Crippen LogP contribution in [0.5, 0.6) is 5.75 Å². The maximum absolute atomic E-state index is 11.3. The first kappa shape index (κ1) is 26.1. The molecule has 0 fully saturated rings. The van der Waals surface area contributed by atoms with Gasteiger partial charge in [-0.2, -0.15) is 0 Å². The predicted octanol–water partition coefficient (Wildman–Crippen LogP) is 3.40. The van der Waals surface area contributed by atoms with Crippen molar-refractivity contribution in [3.63, 3.8) is 0 Å². The van der Waals surface area contributed by atoms with E-state index in [1.807, 2.05) is 18.2 Å². The fourth-order valence-corrected chi connectivity index (χ4v) is 3.78. The highest BCUT2D eigenvalue weighted by Crippen LogP contribution is 2.32. The van der Waals surface area contributed by atoms with Crippen molar-refractivity contribution >= 4 is 50.9 Å². The Morgan fingerprint density at radius 3 is 2.45 bits per heavy atom. The number of aldehydes is 1. The number of anilines is 1. The van der Waals surface area contributed by atoms with Gasteiger partial charge in [-0.1, -0.05) is 17.7 Å². The number of halogens is 1. The molecule has 0 radical (unpaired) electrons. The molecule has 0 bridgehead atoms. The van der Waals surface area contributed by atoms with Crippen molar-refractivity contribution in [1.29, 1.82) is 0 Å². The van der Waals surface area contributed by atoms with Gasteiger partial charge in [0.25, 0.3) is 5.91 Å². The number of fused-ring (bicyclic) bond motifs is 1. The topological polar surface area (TPSA) is 137 Å². The number of primary amides is 1. The van der Waals surface area contributed by atoms with Gasteiger partial charge >= 0.3 is 0 Å². The molecule has 176 valence electrons. The minimum Gasteiger partial charge on any atom is -0.480 e. The summed E-state index contributed by atoms with van der Waals surface area (Å²) >= 11 is 7.04. The van der Waals surface area contributed by atoms with Crippen molar-refractivity contribution in [2.24, 2.45) is 17.3 Å². The molecule has 8 nitrogen and oxygen atoms in total. The van der Waals surface area contributed by atoms with Gasteiger partial charge in [-0.05, 0) is 63.4 Å². The lowest BCUT2D eigenvalue weighted by molar-refractivity contribution is -0.118. The molecule has 3 rings (SSSR count). The molecule has 2 aromatic carbocycles. The van der Waals surface area contributed by atoms with E-state index in [0.29, 0.717) is 27.9 Å². The van der Waals surface area contributed by atoms with Gasteiger partial charge in [0.15, 0.2) is 11.9 Å². The van der Waals surface area contributed by atoms with Crippen molar-refractivity contribution in [2.75, 3.05) is 18.6 Å². The van der Waals surface area contributed by atoms with E-state index in [4.69, 9.17) is 33.6 Å². The molecule has 10 heteroatoms. The molecule has 7 N–H and O–H groups in total. The first-order valence-corrected chi connectivity index (χ1v) is 11.1. The van der Waals surface area contributed by atoms with Gasteiger partial charge < -0.3 is 21.5 Å². The third-order valence-corrected chi connectivity index (χ3v) is 5.59. The Hall–Kier alpha value is -3.11. The molecule has 0 aliphatic rings. The molecule has 0 atom stereocenters. The number of hydrogen-bond donors (Lipinski definition) is 4. The minimum atomic E-state index is -0.784. The van der Waals surface area contributed by atoms with Gasteiger partial charge in [0.2, 0.25) is 0 Å². The number of carbonyl (C=O) groups excluding carboxylic acids is 2. The van der Waals surface area contributed by atoms with Gasteiger partial charge in [0.05, 0.1) is 10.6 Å². The zero-order valence-corrected chi connectivity index (χ0v) is 20.2. The van der Waals surface area contributed by atoms with Crippen molar-refractivity contribution < 1.29 is 14.3 Å². The number of amides is 1. The SMILES string of the molecule is CC(C)(C=O)Oc1ccc(Cl)cc1.CNC/C(N)=C/N(N)c1cccc2sc(C(N)=O)cc12. The van der Waals surface area contributed by atoms with Crippen LogP contribution < -0.4 is 32.4 Å². The number of nitrogens with zero attached hydrogens (tertiary/aromatic N) is 1. The van der Waals surface area contributed by atoms with E-state index in [2.05, 4.69) is 5.32 Å². The Bertz CT molecular complexity index is 1130. The number of rotatable bonds is 8. The Morgan fingerprint density at radius 2 is 1.88 bits per heavy atom. The van der Waals surface area contributed by atoms with Crippen LogP contribution in [0, 0.1) is 0 Å². The second-order valence-corrected chi connectivity index (χ2v) is 9.10. The molecule has 1 amide bonds. The molecule has 0 aliphatic heterocycles. The molecule has 3 aromatic rings. The second-order valence-electron chi connectivity index (χ2n) is 7.58. The van der Waals surface area contributed by atoms with Gasteiger partial charge in [0, 0.05) is 33.6 Å². The van der Waals surface area contributed by atoms with Crippen LogP contribution in [0.1, 0.15) is 23.5 Å². The van der Waals surface area contributed by atoms with Crippen molar-refractivity contribution in [1.82, 2.24) is 5.32 Å². The van der Waals surface area contributed by atoms with Gasteiger partial charge in [-0.3, -0.25) is 14.6 Å². The molecular weight excluding hydrogens is 462 g/mol. The molecule has 0 unspecified atom stereocenters. The number of nitrogens with one attached hydrogen (secondary N) is 1. The average Bonchev–Trinajstić information content (AvgIpc) is 3.21. The summed E-state index contributed by atoms with van der Waals surface area (Å²) in [6.45, 7) is 3.95. The number of ether oxygens (including phenoxy) is 1. The first-order valence-electron chi connectivity index (χ1n) is 9.94. The smallest absolute Gasteiger partial charge is 0.258 e. The largest absolute Gasteiger partial charge is 0.480 e. The maximum Gasteiger partial charge on any atom is 0.258 e.